The maximum atomic E-state index is 12.6. The molecule has 0 aliphatic carbocycles. The Hall–Kier alpha value is -1.92. The van der Waals surface area contributed by atoms with Gasteiger partial charge in [0.15, 0.2) is 0 Å². The Kier molecular flexibility index (Phi) is 6.32. The molecular formula is C21H34N4O2. The van der Waals surface area contributed by atoms with Gasteiger partial charge in [-0.05, 0) is 43.9 Å². The predicted molar refractivity (Wildman–Crippen MR) is 110 cm³/mol. The molecule has 0 aromatic heterocycles. The number of nitrogens with zero attached hydrogens (tertiary/aromatic N) is 2. The molecule has 0 saturated carbocycles. The van der Waals surface area contributed by atoms with Crippen LogP contribution >= 0.6 is 0 Å². The molecule has 1 atom stereocenters. The van der Waals surface area contributed by atoms with Gasteiger partial charge in [0, 0.05) is 31.9 Å². The molecule has 2 amide bonds. The zero-order valence-corrected chi connectivity index (χ0v) is 17.5. The third-order valence-electron chi connectivity index (χ3n) is 5.65. The van der Waals surface area contributed by atoms with Gasteiger partial charge in [-0.25, -0.2) is 0 Å². The summed E-state index contributed by atoms with van der Waals surface area (Å²) in [6.45, 7) is 15.0. The monoisotopic (exact) mass is 374 g/mol. The van der Waals surface area contributed by atoms with Gasteiger partial charge in [0.05, 0.1) is 11.6 Å². The molecule has 3 N–H and O–H groups in total. The molecule has 6 nitrogen and oxygen atoms in total. The summed E-state index contributed by atoms with van der Waals surface area (Å²) < 4.78 is 0. The summed E-state index contributed by atoms with van der Waals surface area (Å²) in [5, 5.41) is 3.01. The van der Waals surface area contributed by atoms with Gasteiger partial charge in [-0.15, -0.1) is 0 Å². The van der Waals surface area contributed by atoms with Crippen LogP contribution in [0.2, 0.25) is 0 Å². The van der Waals surface area contributed by atoms with Gasteiger partial charge in [0.25, 0.3) is 0 Å². The van der Waals surface area contributed by atoms with Gasteiger partial charge in [-0.1, -0.05) is 32.9 Å². The molecule has 0 radical (unpaired) electrons. The molecule has 6 heteroatoms. The fourth-order valence-corrected chi connectivity index (χ4v) is 3.29. The largest absolute Gasteiger partial charge is 0.368 e. The summed E-state index contributed by atoms with van der Waals surface area (Å²) >= 11 is 0. The van der Waals surface area contributed by atoms with E-state index in [-0.39, 0.29) is 23.3 Å². The second-order valence-corrected chi connectivity index (χ2v) is 8.94. The highest BCUT2D eigenvalue weighted by molar-refractivity contribution is 5.94. The molecule has 1 aliphatic heterocycles. The minimum Gasteiger partial charge on any atom is -0.368 e. The number of amides is 2. The number of benzene rings is 1. The molecule has 0 bridgehead atoms. The van der Waals surface area contributed by atoms with E-state index in [1.165, 1.54) is 5.56 Å². The van der Waals surface area contributed by atoms with Crippen molar-refractivity contribution >= 4 is 17.5 Å². The topological polar surface area (TPSA) is 78.7 Å². The van der Waals surface area contributed by atoms with Crippen molar-refractivity contribution in [1.29, 1.82) is 0 Å². The van der Waals surface area contributed by atoms with Gasteiger partial charge < -0.3 is 11.1 Å². The number of primary amides is 1. The summed E-state index contributed by atoms with van der Waals surface area (Å²) in [5.41, 5.74) is 6.99. The van der Waals surface area contributed by atoms with E-state index in [1.54, 1.807) is 0 Å². The lowest BCUT2D eigenvalue weighted by Gasteiger charge is -2.43. The highest BCUT2D eigenvalue weighted by Crippen LogP contribution is 2.24. The highest BCUT2D eigenvalue weighted by atomic mass is 16.2. The van der Waals surface area contributed by atoms with Crippen molar-refractivity contribution in [2.45, 2.75) is 58.5 Å². The van der Waals surface area contributed by atoms with Crippen LogP contribution in [0, 0.1) is 0 Å². The number of piperazine rings is 1. The van der Waals surface area contributed by atoms with Crippen molar-refractivity contribution in [3.05, 3.63) is 29.8 Å². The molecule has 27 heavy (non-hydrogen) atoms. The maximum absolute atomic E-state index is 12.6. The number of rotatable bonds is 5. The molecule has 1 aromatic rings. The Morgan fingerprint density at radius 3 is 1.96 bits per heavy atom. The van der Waals surface area contributed by atoms with Crippen LogP contribution in [0.3, 0.4) is 0 Å². The van der Waals surface area contributed by atoms with Crippen molar-refractivity contribution < 1.29 is 9.59 Å². The minimum absolute atomic E-state index is 0.0129. The summed E-state index contributed by atoms with van der Waals surface area (Å²) in [7, 11) is 0. The standard InChI is InChI=1S/C21H34N4O2/c1-15(24-11-13-25(14-12-24)21(5,6)19(22)27)18(26)23-17-9-7-16(8-10-17)20(2,3)4/h7-10,15H,11-14H2,1-6H3,(H2,22,27)(H,23,26)/t15-/m0/s1. The van der Waals surface area contributed by atoms with Crippen LogP contribution in [0.5, 0.6) is 0 Å². The SMILES string of the molecule is C[C@@H](C(=O)Nc1ccc(C(C)(C)C)cc1)N1CCN(C(C)(C)C(N)=O)CC1. The Morgan fingerprint density at radius 2 is 1.52 bits per heavy atom. The van der Waals surface area contributed by atoms with Crippen molar-refractivity contribution in [3.8, 4) is 0 Å². The van der Waals surface area contributed by atoms with E-state index in [2.05, 4.69) is 48.0 Å². The van der Waals surface area contributed by atoms with E-state index in [0.29, 0.717) is 13.1 Å². The number of carbonyl (C=O) groups is 2. The predicted octanol–water partition coefficient (Wildman–Crippen LogP) is 2.19. The van der Waals surface area contributed by atoms with Crippen LogP contribution in [0.4, 0.5) is 5.69 Å². The Morgan fingerprint density at radius 1 is 1.00 bits per heavy atom. The molecule has 1 aromatic carbocycles. The quantitative estimate of drug-likeness (QED) is 0.828. The zero-order valence-electron chi connectivity index (χ0n) is 17.5. The Bertz CT molecular complexity index is 668. The molecule has 1 heterocycles. The van der Waals surface area contributed by atoms with Crippen LogP contribution in [0.15, 0.2) is 24.3 Å². The average molecular weight is 375 g/mol. The lowest BCUT2D eigenvalue weighted by atomic mass is 9.87. The van der Waals surface area contributed by atoms with E-state index in [4.69, 9.17) is 5.73 Å². The smallest absolute Gasteiger partial charge is 0.241 e. The fourth-order valence-electron chi connectivity index (χ4n) is 3.29. The molecular weight excluding hydrogens is 340 g/mol. The molecule has 0 spiro atoms. The summed E-state index contributed by atoms with van der Waals surface area (Å²) in [6.07, 6.45) is 0. The van der Waals surface area contributed by atoms with Crippen LogP contribution in [-0.2, 0) is 15.0 Å². The minimum atomic E-state index is -0.660. The van der Waals surface area contributed by atoms with Gasteiger partial charge in [-0.2, -0.15) is 0 Å². The molecule has 0 unspecified atom stereocenters. The third-order valence-corrected chi connectivity index (χ3v) is 5.65. The third kappa shape index (κ3) is 5.08. The number of nitrogens with two attached hydrogens (primary N) is 1. The second kappa shape index (κ2) is 7.98. The first kappa shape index (κ1) is 21.4. The van der Waals surface area contributed by atoms with Crippen LogP contribution in [0.1, 0.15) is 47.1 Å². The molecule has 1 fully saturated rings. The number of hydrogen-bond donors (Lipinski definition) is 2. The van der Waals surface area contributed by atoms with Crippen molar-refractivity contribution in [2.24, 2.45) is 5.73 Å². The first-order chi connectivity index (χ1) is 12.4. The van der Waals surface area contributed by atoms with Crippen LogP contribution < -0.4 is 11.1 Å². The van der Waals surface area contributed by atoms with Crippen molar-refractivity contribution in [3.63, 3.8) is 0 Å². The van der Waals surface area contributed by atoms with Gasteiger partial charge >= 0.3 is 0 Å². The number of nitrogens with one attached hydrogen (secondary N) is 1. The zero-order chi connectivity index (χ0) is 20.4. The Balaban J connectivity index is 1.92. The van der Waals surface area contributed by atoms with Gasteiger partial charge in [-0.3, -0.25) is 19.4 Å². The number of carbonyl (C=O) groups excluding carboxylic acids is 2. The van der Waals surface area contributed by atoms with Crippen molar-refractivity contribution in [1.82, 2.24) is 9.80 Å². The van der Waals surface area contributed by atoms with E-state index < -0.39 is 5.54 Å². The number of hydrogen-bond acceptors (Lipinski definition) is 4. The summed E-state index contributed by atoms with van der Waals surface area (Å²) in [6, 6.07) is 7.80. The van der Waals surface area contributed by atoms with E-state index in [9.17, 15) is 9.59 Å². The van der Waals surface area contributed by atoms with Crippen LogP contribution in [0.25, 0.3) is 0 Å². The number of anilines is 1. The molecule has 150 valence electrons. The summed E-state index contributed by atoms with van der Waals surface area (Å²) in [5.74, 6) is -0.332. The molecule has 1 aliphatic rings. The normalized spacial score (nSPS) is 18.1. The Labute approximate surface area is 163 Å². The average Bonchev–Trinajstić information content (AvgIpc) is 2.60. The summed E-state index contributed by atoms with van der Waals surface area (Å²) in [4.78, 5) is 28.5. The molecule has 1 saturated heterocycles. The lowest BCUT2D eigenvalue weighted by Crippen LogP contribution is -2.61. The van der Waals surface area contributed by atoms with Gasteiger partial charge in [0.1, 0.15) is 0 Å². The first-order valence-electron chi connectivity index (χ1n) is 9.63. The second-order valence-electron chi connectivity index (χ2n) is 8.94. The highest BCUT2D eigenvalue weighted by Gasteiger charge is 2.36. The van der Waals surface area contributed by atoms with Gasteiger partial charge in [0.2, 0.25) is 11.8 Å². The fraction of sp³-hybridized carbons (Fsp3) is 0.619. The van der Waals surface area contributed by atoms with E-state index >= 15 is 0 Å². The maximum Gasteiger partial charge on any atom is 0.241 e. The van der Waals surface area contributed by atoms with E-state index in [0.717, 1.165) is 18.8 Å². The lowest BCUT2D eigenvalue weighted by molar-refractivity contribution is -0.131. The van der Waals surface area contributed by atoms with Crippen molar-refractivity contribution in [2.75, 3.05) is 31.5 Å². The van der Waals surface area contributed by atoms with E-state index in [1.807, 2.05) is 32.9 Å². The molecule has 2 rings (SSSR count). The van der Waals surface area contributed by atoms with Crippen LogP contribution in [-0.4, -0.2) is 59.4 Å². The first-order valence-corrected chi connectivity index (χ1v) is 9.63.